The summed E-state index contributed by atoms with van der Waals surface area (Å²) in [6.07, 6.45) is 2.31. The van der Waals surface area contributed by atoms with Gasteiger partial charge in [0.1, 0.15) is 11.5 Å². The van der Waals surface area contributed by atoms with Crippen molar-refractivity contribution in [2.75, 3.05) is 13.1 Å². The zero-order valence-corrected chi connectivity index (χ0v) is 10.6. The molecule has 1 aliphatic rings. The summed E-state index contributed by atoms with van der Waals surface area (Å²) in [5.41, 5.74) is 0. The molecule has 16 heavy (non-hydrogen) atoms. The Kier molecular flexibility index (Phi) is 3.70. The van der Waals surface area contributed by atoms with Crippen LogP contribution in [0.3, 0.4) is 0 Å². The highest BCUT2D eigenvalue weighted by molar-refractivity contribution is 5.17. The van der Waals surface area contributed by atoms with Crippen molar-refractivity contribution in [2.45, 2.75) is 39.5 Å². The maximum atomic E-state index is 5.85. The van der Waals surface area contributed by atoms with E-state index in [9.17, 15) is 0 Å². The van der Waals surface area contributed by atoms with Gasteiger partial charge in [0.05, 0.1) is 0 Å². The number of hydrogen-bond acceptors (Lipinski definition) is 2. The minimum Gasteiger partial charge on any atom is -0.466 e. The summed E-state index contributed by atoms with van der Waals surface area (Å²) in [6, 6.07) is 4.30. The zero-order chi connectivity index (χ0) is 11.5. The molecule has 2 rings (SSSR count). The first kappa shape index (κ1) is 11.7. The van der Waals surface area contributed by atoms with Crippen LogP contribution in [0.15, 0.2) is 16.5 Å². The Morgan fingerprint density at radius 3 is 2.81 bits per heavy atom. The molecule has 1 aliphatic carbocycles. The van der Waals surface area contributed by atoms with Crippen LogP contribution >= 0.6 is 0 Å². The molecule has 0 amide bonds. The highest BCUT2D eigenvalue weighted by atomic mass is 16.3. The molecular weight excluding hydrogens is 198 g/mol. The monoisotopic (exact) mass is 221 g/mol. The molecule has 1 heterocycles. The maximum absolute atomic E-state index is 5.85. The highest BCUT2D eigenvalue weighted by Crippen LogP contribution is 2.47. The molecule has 0 aliphatic heterocycles. The van der Waals surface area contributed by atoms with Crippen LogP contribution in [0.25, 0.3) is 0 Å². The molecule has 2 unspecified atom stereocenters. The minimum absolute atomic E-state index is 0.706. The summed E-state index contributed by atoms with van der Waals surface area (Å²) in [7, 11) is 0. The minimum atomic E-state index is 0.706. The first-order chi connectivity index (χ1) is 7.66. The van der Waals surface area contributed by atoms with Crippen LogP contribution < -0.4 is 5.32 Å². The smallest absolute Gasteiger partial charge is 0.107 e. The molecule has 0 aromatic carbocycles. The van der Waals surface area contributed by atoms with Crippen LogP contribution in [0.1, 0.15) is 44.6 Å². The normalized spacial score (nSPS) is 24.0. The second-order valence-electron chi connectivity index (χ2n) is 5.47. The highest BCUT2D eigenvalue weighted by Gasteiger charge is 2.36. The predicted octanol–water partition coefficient (Wildman–Crippen LogP) is 3.19. The van der Waals surface area contributed by atoms with Gasteiger partial charge in [-0.25, -0.2) is 0 Å². The second-order valence-corrected chi connectivity index (χ2v) is 5.47. The summed E-state index contributed by atoms with van der Waals surface area (Å²) < 4.78 is 5.85. The van der Waals surface area contributed by atoms with Crippen molar-refractivity contribution >= 4 is 0 Å². The van der Waals surface area contributed by atoms with Crippen molar-refractivity contribution in [3.05, 3.63) is 23.7 Å². The molecule has 1 aromatic rings. The Morgan fingerprint density at radius 1 is 1.44 bits per heavy atom. The van der Waals surface area contributed by atoms with Gasteiger partial charge in [-0.1, -0.05) is 20.8 Å². The molecule has 2 nitrogen and oxygen atoms in total. The van der Waals surface area contributed by atoms with Crippen molar-refractivity contribution in [1.82, 2.24) is 5.32 Å². The van der Waals surface area contributed by atoms with E-state index in [0.717, 1.165) is 37.1 Å². The van der Waals surface area contributed by atoms with E-state index in [1.165, 1.54) is 12.2 Å². The van der Waals surface area contributed by atoms with Crippen LogP contribution in [0.4, 0.5) is 0 Å². The molecule has 90 valence electrons. The lowest BCUT2D eigenvalue weighted by atomic mass is 10.2. The molecule has 0 bridgehead atoms. The Hall–Kier alpha value is -0.760. The largest absolute Gasteiger partial charge is 0.466 e. The second kappa shape index (κ2) is 5.05. The Morgan fingerprint density at radius 2 is 2.19 bits per heavy atom. The zero-order valence-electron chi connectivity index (χ0n) is 10.6. The number of rotatable bonds is 6. The van der Waals surface area contributed by atoms with Gasteiger partial charge in [0.25, 0.3) is 0 Å². The van der Waals surface area contributed by atoms with Crippen molar-refractivity contribution in [2.24, 2.45) is 11.8 Å². The SMILES string of the molecule is CC(C)CNCCc1ccc(C2CC2C)o1. The lowest BCUT2D eigenvalue weighted by Gasteiger charge is -2.05. The van der Waals surface area contributed by atoms with Gasteiger partial charge < -0.3 is 9.73 Å². The lowest BCUT2D eigenvalue weighted by molar-refractivity contribution is 0.451. The van der Waals surface area contributed by atoms with E-state index in [4.69, 9.17) is 4.42 Å². The van der Waals surface area contributed by atoms with Crippen LogP contribution in [0.5, 0.6) is 0 Å². The van der Waals surface area contributed by atoms with E-state index in [0.29, 0.717) is 5.92 Å². The number of hydrogen-bond donors (Lipinski definition) is 1. The molecule has 0 saturated heterocycles. The van der Waals surface area contributed by atoms with E-state index in [2.05, 4.69) is 38.2 Å². The fraction of sp³-hybridized carbons (Fsp3) is 0.714. The number of nitrogens with one attached hydrogen (secondary N) is 1. The van der Waals surface area contributed by atoms with E-state index in [-0.39, 0.29) is 0 Å². The maximum Gasteiger partial charge on any atom is 0.107 e. The van der Waals surface area contributed by atoms with Gasteiger partial charge in [0, 0.05) is 18.9 Å². The van der Waals surface area contributed by atoms with Crippen LogP contribution in [-0.4, -0.2) is 13.1 Å². The Labute approximate surface area is 98.4 Å². The third kappa shape index (κ3) is 3.11. The first-order valence-corrected chi connectivity index (χ1v) is 6.46. The average molecular weight is 221 g/mol. The van der Waals surface area contributed by atoms with Gasteiger partial charge in [0.2, 0.25) is 0 Å². The summed E-state index contributed by atoms with van der Waals surface area (Å²) in [4.78, 5) is 0. The molecule has 0 radical (unpaired) electrons. The predicted molar refractivity (Wildman–Crippen MR) is 66.6 cm³/mol. The summed E-state index contributed by atoms with van der Waals surface area (Å²) in [5.74, 6) is 4.59. The van der Waals surface area contributed by atoms with Crippen LogP contribution in [-0.2, 0) is 6.42 Å². The van der Waals surface area contributed by atoms with E-state index < -0.39 is 0 Å². The molecular formula is C14H23NO. The fourth-order valence-corrected chi connectivity index (χ4v) is 2.05. The molecule has 0 spiro atoms. The molecule has 1 saturated carbocycles. The summed E-state index contributed by atoms with van der Waals surface area (Å²) >= 11 is 0. The third-order valence-corrected chi connectivity index (χ3v) is 3.26. The Bertz CT molecular complexity index is 329. The van der Waals surface area contributed by atoms with Gasteiger partial charge in [-0.2, -0.15) is 0 Å². The standard InChI is InChI=1S/C14H23NO/c1-10(2)9-15-7-6-12-4-5-14(16-12)13-8-11(13)3/h4-5,10-11,13,15H,6-9H2,1-3H3. The van der Waals surface area contributed by atoms with Gasteiger partial charge in [-0.15, -0.1) is 0 Å². The fourth-order valence-electron chi connectivity index (χ4n) is 2.05. The van der Waals surface area contributed by atoms with E-state index in [1.807, 2.05) is 0 Å². The van der Waals surface area contributed by atoms with Crippen molar-refractivity contribution in [3.63, 3.8) is 0 Å². The van der Waals surface area contributed by atoms with Crippen molar-refractivity contribution < 1.29 is 4.42 Å². The van der Waals surface area contributed by atoms with Gasteiger partial charge in [-0.3, -0.25) is 0 Å². The van der Waals surface area contributed by atoms with Crippen molar-refractivity contribution in [3.8, 4) is 0 Å². The number of furan rings is 1. The van der Waals surface area contributed by atoms with Gasteiger partial charge in [-0.05, 0) is 36.9 Å². The third-order valence-electron chi connectivity index (χ3n) is 3.26. The molecule has 1 N–H and O–H groups in total. The first-order valence-electron chi connectivity index (χ1n) is 6.46. The Balaban J connectivity index is 1.71. The molecule has 1 fully saturated rings. The quantitative estimate of drug-likeness (QED) is 0.746. The topological polar surface area (TPSA) is 25.2 Å². The van der Waals surface area contributed by atoms with E-state index >= 15 is 0 Å². The molecule has 2 atom stereocenters. The van der Waals surface area contributed by atoms with Gasteiger partial charge in [0.15, 0.2) is 0 Å². The van der Waals surface area contributed by atoms with Gasteiger partial charge >= 0.3 is 0 Å². The van der Waals surface area contributed by atoms with Crippen LogP contribution in [0, 0.1) is 11.8 Å². The molecule has 2 heteroatoms. The average Bonchev–Trinajstić information content (AvgIpc) is 2.79. The van der Waals surface area contributed by atoms with Crippen LogP contribution in [0.2, 0.25) is 0 Å². The summed E-state index contributed by atoms with van der Waals surface area (Å²) in [5, 5.41) is 3.44. The molecule has 1 aromatic heterocycles. The summed E-state index contributed by atoms with van der Waals surface area (Å²) in [6.45, 7) is 8.86. The lowest BCUT2D eigenvalue weighted by Crippen LogP contribution is -2.21. The van der Waals surface area contributed by atoms with Crippen molar-refractivity contribution in [1.29, 1.82) is 0 Å². The van der Waals surface area contributed by atoms with E-state index in [1.54, 1.807) is 0 Å².